The molecule has 0 aromatic carbocycles. The van der Waals surface area contributed by atoms with E-state index in [9.17, 15) is 0 Å². The van der Waals surface area contributed by atoms with Crippen LogP contribution in [0.5, 0.6) is 0 Å². The van der Waals surface area contributed by atoms with Crippen LogP contribution in [0.3, 0.4) is 0 Å². The van der Waals surface area contributed by atoms with Crippen molar-refractivity contribution in [2.45, 2.75) is 46.1 Å². The molecule has 2 aromatic rings. The number of aromatic nitrogens is 2. The third kappa shape index (κ3) is 6.02. The van der Waals surface area contributed by atoms with Crippen molar-refractivity contribution >= 4 is 17.3 Å². The lowest BCUT2D eigenvalue weighted by molar-refractivity contribution is 0.368. The zero-order valence-electron chi connectivity index (χ0n) is 14.0. The van der Waals surface area contributed by atoms with Gasteiger partial charge in [0, 0.05) is 30.3 Å². The van der Waals surface area contributed by atoms with Gasteiger partial charge in [0.25, 0.3) is 0 Å². The molecule has 0 fully saturated rings. The van der Waals surface area contributed by atoms with Gasteiger partial charge >= 0.3 is 0 Å². The van der Waals surface area contributed by atoms with E-state index >= 15 is 0 Å². The molecule has 0 amide bonds. The Labute approximate surface area is 141 Å². The van der Waals surface area contributed by atoms with Crippen LogP contribution in [0.2, 0.25) is 0 Å². The topological polar surface area (TPSA) is 75.3 Å². The summed E-state index contributed by atoms with van der Waals surface area (Å²) < 4.78 is 5.24. The number of nitrogens with zero attached hydrogens (tertiary/aromatic N) is 3. The van der Waals surface area contributed by atoms with E-state index < -0.39 is 0 Å². The Kier molecular flexibility index (Phi) is 7.06. The van der Waals surface area contributed by atoms with Crippen LogP contribution in [0, 0.1) is 0 Å². The van der Waals surface area contributed by atoms with Crippen LogP contribution in [0.1, 0.15) is 49.7 Å². The minimum Gasteiger partial charge on any atom is -0.357 e. The zero-order valence-corrected chi connectivity index (χ0v) is 14.8. The molecule has 7 heteroatoms. The fraction of sp³-hybridized carbons (Fsp3) is 0.562. The first-order valence-corrected chi connectivity index (χ1v) is 8.94. The van der Waals surface area contributed by atoms with Crippen molar-refractivity contribution < 1.29 is 4.52 Å². The smallest absolute Gasteiger partial charge is 0.226 e. The van der Waals surface area contributed by atoms with E-state index in [2.05, 4.69) is 58.0 Å². The van der Waals surface area contributed by atoms with E-state index in [-0.39, 0.29) is 0 Å². The van der Waals surface area contributed by atoms with Crippen LogP contribution in [-0.4, -0.2) is 29.2 Å². The lowest BCUT2D eigenvalue weighted by Crippen LogP contribution is -2.37. The number of aliphatic imine (C=N–C) groups is 1. The Morgan fingerprint density at radius 2 is 2.26 bits per heavy atom. The van der Waals surface area contributed by atoms with Gasteiger partial charge in [-0.05, 0) is 24.8 Å². The van der Waals surface area contributed by atoms with Crippen LogP contribution in [-0.2, 0) is 13.0 Å². The number of hydrogen-bond donors (Lipinski definition) is 2. The lowest BCUT2D eigenvalue weighted by Gasteiger charge is -2.10. The summed E-state index contributed by atoms with van der Waals surface area (Å²) in [5.74, 6) is 2.62. The van der Waals surface area contributed by atoms with E-state index in [1.165, 1.54) is 4.88 Å². The first kappa shape index (κ1) is 17.5. The molecule has 0 radical (unpaired) electrons. The average Bonchev–Trinajstić information content (AvgIpc) is 3.20. The van der Waals surface area contributed by atoms with Gasteiger partial charge in [0.05, 0.1) is 6.54 Å². The highest BCUT2D eigenvalue weighted by atomic mass is 32.1. The summed E-state index contributed by atoms with van der Waals surface area (Å²) in [5.41, 5.74) is 0. The molecule has 0 aliphatic rings. The highest BCUT2D eigenvalue weighted by Crippen LogP contribution is 2.10. The van der Waals surface area contributed by atoms with Crippen molar-refractivity contribution in [3.05, 3.63) is 34.1 Å². The quantitative estimate of drug-likeness (QED) is 0.441. The first-order valence-electron chi connectivity index (χ1n) is 8.06. The third-order valence-corrected chi connectivity index (χ3v) is 4.04. The molecule has 0 aliphatic heterocycles. The van der Waals surface area contributed by atoms with Gasteiger partial charge in [0.15, 0.2) is 11.8 Å². The third-order valence-electron chi connectivity index (χ3n) is 3.18. The molecule has 2 heterocycles. The molecule has 126 valence electrons. The van der Waals surface area contributed by atoms with Crippen molar-refractivity contribution in [3.8, 4) is 0 Å². The molecule has 23 heavy (non-hydrogen) atoms. The average molecular weight is 335 g/mol. The maximum absolute atomic E-state index is 5.24. The molecule has 0 unspecified atom stereocenters. The molecular formula is C16H25N5OS. The summed E-state index contributed by atoms with van der Waals surface area (Å²) >= 11 is 1.72. The van der Waals surface area contributed by atoms with Gasteiger partial charge in [-0.1, -0.05) is 25.1 Å². The number of thiophene rings is 1. The predicted molar refractivity (Wildman–Crippen MR) is 93.8 cm³/mol. The highest BCUT2D eigenvalue weighted by molar-refractivity contribution is 7.09. The molecule has 0 spiro atoms. The molecule has 0 aliphatic carbocycles. The number of aryl methyl sites for hydroxylation is 1. The van der Waals surface area contributed by atoms with Crippen molar-refractivity contribution in [1.82, 2.24) is 20.8 Å². The fourth-order valence-electron chi connectivity index (χ4n) is 1.95. The van der Waals surface area contributed by atoms with Crippen LogP contribution < -0.4 is 10.6 Å². The Morgan fingerprint density at radius 1 is 1.39 bits per heavy atom. The van der Waals surface area contributed by atoms with Crippen LogP contribution in [0.4, 0.5) is 0 Å². The van der Waals surface area contributed by atoms with Crippen LogP contribution in [0.15, 0.2) is 27.0 Å². The largest absolute Gasteiger partial charge is 0.357 e. The predicted octanol–water partition coefficient (Wildman–Crippen LogP) is 2.94. The maximum Gasteiger partial charge on any atom is 0.226 e. The summed E-state index contributed by atoms with van der Waals surface area (Å²) in [6.45, 7) is 8.54. The van der Waals surface area contributed by atoms with E-state index in [1.54, 1.807) is 11.3 Å². The van der Waals surface area contributed by atoms with Crippen molar-refractivity contribution in [1.29, 1.82) is 0 Å². The Bertz CT molecular complexity index is 591. The van der Waals surface area contributed by atoms with Gasteiger partial charge in [-0.25, -0.2) is 4.99 Å². The molecule has 2 rings (SSSR count). The second kappa shape index (κ2) is 9.29. The van der Waals surface area contributed by atoms with Crippen LogP contribution >= 0.6 is 11.3 Å². The van der Waals surface area contributed by atoms with E-state index in [0.29, 0.717) is 18.4 Å². The van der Waals surface area contributed by atoms with E-state index in [1.807, 2.05) is 6.07 Å². The summed E-state index contributed by atoms with van der Waals surface area (Å²) in [6, 6.07) is 4.14. The maximum atomic E-state index is 5.24. The number of rotatable bonds is 8. The molecule has 0 saturated heterocycles. The van der Waals surface area contributed by atoms with Crippen molar-refractivity contribution in [2.75, 3.05) is 13.1 Å². The van der Waals surface area contributed by atoms with Crippen molar-refractivity contribution in [3.63, 3.8) is 0 Å². The van der Waals surface area contributed by atoms with Gasteiger partial charge in [-0.2, -0.15) is 4.98 Å². The Morgan fingerprint density at radius 3 is 2.91 bits per heavy atom. The van der Waals surface area contributed by atoms with Gasteiger partial charge in [0.2, 0.25) is 5.89 Å². The van der Waals surface area contributed by atoms with Gasteiger partial charge < -0.3 is 15.2 Å². The first-order chi connectivity index (χ1) is 11.2. The Balaban J connectivity index is 1.74. The SMILES string of the molecule is CCNC(=NCc1cccs1)NCCCc1nc(C(C)C)no1. The summed E-state index contributed by atoms with van der Waals surface area (Å²) in [4.78, 5) is 10.2. The van der Waals surface area contributed by atoms with Gasteiger partial charge in [-0.3, -0.25) is 0 Å². The molecule has 0 saturated carbocycles. The normalized spacial score (nSPS) is 11.9. The molecule has 0 atom stereocenters. The molecular weight excluding hydrogens is 310 g/mol. The summed E-state index contributed by atoms with van der Waals surface area (Å²) in [6.07, 6.45) is 1.69. The van der Waals surface area contributed by atoms with Gasteiger partial charge in [-0.15, -0.1) is 11.3 Å². The minimum atomic E-state index is 0.301. The van der Waals surface area contributed by atoms with Crippen molar-refractivity contribution in [2.24, 2.45) is 4.99 Å². The van der Waals surface area contributed by atoms with Crippen LogP contribution in [0.25, 0.3) is 0 Å². The number of guanidine groups is 1. The monoisotopic (exact) mass is 335 g/mol. The number of hydrogen-bond acceptors (Lipinski definition) is 5. The second-order valence-corrected chi connectivity index (χ2v) is 6.54. The highest BCUT2D eigenvalue weighted by Gasteiger charge is 2.09. The standard InChI is InChI=1S/C16H25N5OS/c1-4-17-16(19-11-13-7-6-10-23-13)18-9-5-8-14-20-15(12(2)3)21-22-14/h6-7,10,12H,4-5,8-9,11H2,1-3H3,(H2,17,18,19). The molecule has 2 N–H and O–H groups in total. The second-order valence-electron chi connectivity index (χ2n) is 5.51. The minimum absolute atomic E-state index is 0.301. The summed E-state index contributed by atoms with van der Waals surface area (Å²) in [7, 11) is 0. The zero-order chi connectivity index (χ0) is 16.5. The lowest BCUT2D eigenvalue weighted by atomic mass is 10.2. The number of nitrogens with one attached hydrogen (secondary N) is 2. The van der Waals surface area contributed by atoms with E-state index in [4.69, 9.17) is 4.52 Å². The Hall–Kier alpha value is -1.89. The molecule has 6 nitrogen and oxygen atoms in total. The fourth-order valence-corrected chi connectivity index (χ4v) is 2.58. The van der Waals surface area contributed by atoms with Gasteiger partial charge in [0.1, 0.15) is 0 Å². The molecule has 2 aromatic heterocycles. The molecule has 0 bridgehead atoms. The van der Waals surface area contributed by atoms with E-state index in [0.717, 1.165) is 37.7 Å². The summed E-state index contributed by atoms with van der Waals surface area (Å²) in [5, 5.41) is 12.6.